The van der Waals surface area contributed by atoms with E-state index < -0.39 is 15.7 Å². The summed E-state index contributed by atoms with van der Waals surface area (Å²) >= 11 is 0. The Kier molecular flexibility index (Phi) is 4.07. The lowest BCUT2D eigenvalue weighted by molar-refractivity contribution is -0.125. The molecule has 1 amide bonds. The van der Waals surface area contributed by atoms with Gasteiger partial charge in [-0.1, -0.05) is 29.8 Å². The van der Waals surface area contributed by atoms with Gasteiger partial charge in [-0.15, -0.1) is 0 Å². The number of rotatable bonds is 2. The normalized spacial score (nSPS) is 18.4. The van der Waals surface area contributed by atoms with Gasteiger partial charge in [-0.05, 0) is 44.0 Å². The molecule has 0 radical (unpaired) electrons. The van der Waals surface area contributed by atoms with Gasteiger partial charge in [0.15, 0.2) is 4.91 Å². The number of fused-ring (bicyclic) bond motifs is 1. The largest absolute Gasteiger partial charge is 0.338 e. The quantitative estimate of drug-likeness (QED) is 0.815. The number of nitrogens with zero attached hydrogens (tertiary/aromatic N) is 2. The molecule has 2 aromatic rings. The highest BCUT2D eigenvalue weighted by Gasteiger charge is 2.38. The molecule has 4 rings (SSSR count). The van der Waals surface area contributed by atoms with Crippen LogP contribution in [0.4, 0.5) is 11.4 Å². The molecule has 1 fully saturated rings. The number of carbonyl (C=O) groups is 1. The van der Waals surface area contributed by atoms with Gasteiger partial charge in [0.2, 0.25) is 9.84 Å². The van der Waals surface area contributed by atoms with Crippen LogP contribution in [0.5, 0.6) is 0 Å². The third-order valence-electron chi connectivity index (χ3n) is 4.87. The Morgan fingerprint density at radius 2 is 1.62 bits per heavy atom. The summed E-state index contributed by atoms with van der Waals surface area (Å²) in [5, 5.41) is 0. The highest BCUT2D eigenvalue weighted by molar-refractivity contribution is 7.96. The SMILES string of the molecule is Cc1ccc(N2C=C(C(=O)N3CCCC3)S(=O)(=O)c3ccccc32)cc1. The number of hydrogen-bond acceptors (Lipinski definition) is 4. The summed E-state index contributed by atoms with van der Waals surface area (Å²) in [5.41, 5.74) is 2.50. The van der Waals surface area contributed by atoms with Crippen molar-refractivity contribution in [3.63, 3.8) is 0 Å². The second-order valence-corrected chi connectivity index (χ2v) is 8.56. The van der Waals surface area contributed by atoms with E-state index in [-0.39, 0.29) is 9.80 Å². The maximum atomic E-state index is 13.1. The van der Waals surface area contributed by atoms with Crippen LogP contribution >= 0.6 is 0 Å². The highest BCUT2D eigenvalue weighted by atomic mass is 32.2. The highest BCUT2D eigenvalue weighted by Crippen LogP contribution is 2.40. The number of para-hydroxylation sites is 1. The first-order valence-corrected chi connectivity index (χ1v) is 10.2. The molecule has 2 aliphatic heterocycles. The number of anilines is 2. The summed E-state index contributed by atoms with van der Waals surface area (Å²) < 4.78 is 26.2. The molecule has 5 nitrogen and oxygen atoms in total. The summed E-state index contributed by atoms with van der Waals surface area (Å²) in [4.78, 5) is 16.3. The first-order valence-electron chi connectivity index (χ1n) is 8.69. The molecule has 6 heteroatoms. The molecule has 0 unspecified atom stereocenters. The molecule has 2 heterocycles. The van der Waals surface area contributed by atoms with E-state index in [4.69, 9.17) is 0 Å². The van der Waals surface area contributed by atoms with Crippen molar-refractivity contribution in [2.24, 2.45) is 0 Å². The van der Waals surface area contributed by atoms with Crippen LogP contribution in [0.2, 0.25) is 0 Å². The predicted octanol–water partition coefficient (Wildman–Crippen LogP) is 3.38. The summed E-state index contributed by atoms with van der Waals surface area (Å²) in [7, 11) is -3.84. The molecule has 134 valence electrons. The number of hydrogen-bond donors (Lipinski definition) is 0. The van der Waals surface area contributed by atoms with Gasteiger partial charge in [-0.2, -0.15) is 0 Å². The molecule has 0 spiro atoms. The minimum atomic E-state index is -3.84. The number of likely N-dealkylation sites (tertiary alicyclic amines) is 1. The van der Waals surface area contributed by atoms with Crippen molar-refractivity contribution in [3.05, 3.63) is 65.2 Å². The van der Waals surface area contributed by atoms with Crippen molar-refractivity contribution < 1.29 is 13.2 Å². The van der Waals surface area contributed by atoms with Crippen molar-refractivity contribution in [2.75, 3.05) is 18.0 Å². The van der Waals surface area contributed by atoms with Crippen molar-refractivity contribution in [3.8, 4) is 0 Å². The molecule has 26 heavy (non-hydrogen) atoms. The van der Waals surface area contributed by atoms with Crippen LogP contribution in [-0.4, -0.2) is 32.3 Å². The Balaban J connectivity index is 1.87. The number of aryl methyl sites for hydroxylation is 1. The fourth-order valence-electron chi connectivity index (χ4n) is 3.42. The molecule has 0 N–H and O–H groups in total. The molecule has 0 aromatic heterocycles. The topological polar surface area (TPSA) is 57.7 Å². The first kappa shape index (κ1) is 16.8. The minimum absolute atomic E-state index is 0.154. The van der Waals surface area contributed by atoms with Gasteiger partial charge in [-0.3, -0.25) is 4.79 Å². The summed E-state index contributed by atoms with van der Waals surface area (Å²) in [6, 6.07) is 14.6. The summed E-state index contributed by atoms with van der Waals surface area (Å²) in [6.45, 7) is 3.21. The Morgan fingerprint density at radius 1 is 0.962 bits per heavy atom. The second-order valence-electron chi connectivity index (χ2n) is 6.67. The monoisotopic (exact) mass is 368 g/mol. The zero-order chi connectivity index (χ0) is 18.3. The smallest absolute Gasteiger partial charge is 0.267 e. The van der Waals surface area contributed by atoms with E-state index >= 15 is 0 Å². The van der Waals surface area contributed by atoms with Gasteiger partial charge in [0.1, 0.15) is 0 Å². The van der Waals surface area contributed by atoms with Gasteiger partial charge in [0.05, 0.1) is 10.6 Å². The Labute approximate surface area is 153 Å². The van der Waals surface area contributed by atoms with Gasteiger partial charge >= 0.3 is 0 Å². The van der Waals surface area contributed by atoms with Crippen LogP contribution in [-0.2, 0) is 14.6 Å². The van der Waals surface area contributed by atoms with E-state index in [1.54, 1.807) is 34.1 Å². The van der Waals surface area contributed by atoms with E-state index in [1.165, 1.54) is 6.20 Å². The minimum Gasteiger partial charge on any atom is -0.338 e. The molecule has 0 aliphatic carbocycles. The van der Waals surface area contributed by atoms with Gasteiger partial charge in [-0.25, -0.2) is 8.42 Å². The number of carbonyl (C=O) groups excluding carboxylic acids is 1. The summed E-state index contributed by atoms with van der Waals surface area (Å²) in [6.07, 6.45) is 3.30. The summed E-state index contributed by atoms with van der Waals surface area (Å²) in [5.74, 6) is -0.408. The number of sulfone groups is 1. The van der Waals surface area contributed by atoms with E-state index in [0.29, 0.717) is 18.8 Å². The Hall–Kier alpha value is -2.60. The molecule has 1 saturated heterocycles. The lowest BCUT2D eigenvalue weighted by atomic mass is 10.2. The average Bonchev–Trinajstić information content (AvgIpc) is 3.17. The Morgan fingerprint density at radius 3 is 2.31 bits per heavy atom. The van der Waals surface area contributed by atoms with Gasteiger partial charge in [0.25, 0.3) is 5.91 Å². The van der Waals surface area contributed by atoms with Gasteiger partial charge in [0, 0.05) is 25.0 Å². The zero-order valence-electron chi connectivity index (χ0n) is 14.6. The molecule has 0 saturated carbocycles. The molecule has 0 atom stereocenters. The lowest BCUT2D eigenvalue weighted by Gasteiger charge is -2.30. The van der Waals surface area contributed by atoms with Crippen LogP contribution in [0.25, 0.3) is 0 Å². The van der Waals surface area contributed by atoms with Crippen LogP contribution in [0.3, 0.4) is 0 Å². The maximum Gasteiger partial charge on any atom is 0.267 e. The maximum absolute atomic E-state index is 13.1. The van der Waals surface area contributed by atoms with E-state index in [2.05, 4.69) is 0 Å². The van der Waals surface area contributed by atoms with E-state index in [9.17, 15) is 13.2 Å². The van der Waals surface area contributed by atoms with Crippen LogP contribution in [0.15, 0.2) is 64.5 Å². The van der Waals surface area contributed by atoms with Gasteiger partial charge < -0.3 is 9.80 Å². The standard InChI is InChI=1S/C20H20N2O3S/c1-15-8-10-16(11-9-15)22-14-19(20(23)21-12-4-5-13-21)26(24,25)18-7-3-2-6-17(18)22/h2-3,6-11,14H,4-5,12-13H2,1H3. The molecular weight excluding hydrogens is 348 g/mol. The Bertz CT molecular complexity index is 988. The number of benzene rings is 2. The third-order valence-corrected chi connectivity index (χ3v) is 6.65. The average molecular weight is 368 g/mol. The number of amides is 1. The fourth-order valence-corrected chi connectivity index (χ4v) is 4.96. The van der Waals surface area contributed by atoms with Crippen molar-refractivity contribution in [2.45, 2.75) is 24.7 Å². The third kappa shape index (κ3) is 2.70. The van der Waals surface area contributed by atoms with Crippen molar-refractivity contribution in [1.29, 1.82) is 0 Å². The first-order chi connectivity index (χ1) is 12.5. The molecule has 0 bridgehead atoms. The molecule has 2 aromatic carbocycles. The van der Waals surface area contributed by atoms with Crippen LogP contribution in [0.1, 0.15) is 18.4 Å². The predicted molar refractivity (Wildman–Crippen MR) is 101 cm³/mol. The van der Waals surface area contributed by atoms with E-state index in [1.807, 2.05) is 31.2 Å². The molecule has 2 aliphatic rings. The lowest BCUT2D eigenvalue weighted by Crippen LogP contribution is -2.35. The zero-order valence-corrected chi connectivity index (χ0v) is 15.4. The van der Waals surface area contributed by atoms with Crippen LogP contribution in [0, 0.1) is 6.92 Å². The fraction of sp³-hybridized carbons (Fsp3) is 0.250. The molecular formula is C20H20N2O3S. The van der Waals surface area contributed by atoms with E-state index in [0.717, 1.165) is 24.1 Å². The van der Waals surface area contributed by atoms with Crippen LogP contribution < -0.4 is 4.90 Å². The van der Waals surface area contributed by atoms with Crippen molar-refractivity contribution >= 4 is 27.1 Å². The second kappa shape index (κ2) is 6.29. The van der Waals surface area contributed by atoms with Crippen molar-refractivity contribution in [1.82, 2.24) is 4.90 Å².